The molecule has 0 aliphatic heterocycles. The fourth-order valence-corrected chi connectivity index (χ4v) is 2.65. The van der Waals surface area contributed by atoms with Gasteiger partial charge in [0.25, 0.3) is 0 Å². The van der Waals surface area contributed by atoms with E-state index < -0.39 is 0 Å². The number of halogens is 1. The molecule has 0 amide bonds. The van der Waals surface area contributed by atoms with Gasteiger partial charge in [0.1, 0.15) is 5.52 Å². The zero-order valence-corrected chi connectivity index (χ0v) is 11.1. The second-order valence-corrected chi connectivity index (χ2v) is 5.02. The molecule has 2 N–H and O–H groups in total. The predicted octanol–water partition coefficient (Wildman–Crippen LogP) is 1.46. The Kier molecular flexibility index (Phi) is 3.01. The molecular weight excluding hydrogens is 284 g/mol. The van der Waals surface area contributed by atoms with Crippen molar-refractivity contribution in [1.29, 1.82) is 0 Å². The Balaban J connectivity index is 1.93. The van der Waals surface area contributed by atoms with Gasteiger partial charge in [-0.25, -0.2) is 4.98 Å². The van der Waals surface area contributed by atoms with Crippen LogP contribution in [0.3, 0.4) is 0 Å². The van der Waals surface area contributed by atoms with Crippen LogP contribution in [0.5, 0.6) is 0 Å². The van der Waals surface area contributed by atoms with E-state index in [4.69, 9.17) is 17.3 Å². The number of nitro groups is 1. The fourth-order valence-electron chi connectivity index (χ4n) is 2.43. The van der Waals surface area contributed by atoms with Gasteiger partial charge in [0.2, 0.25) is 12.5 Å². The van der Waals surface area contributed by atoms with E-state index in [1.165, 1.54) is 0 Å². The highest BCUT2D eigenvalue weighted by Crippen LogP contribution is 2.31. The lowest BCUT2D eigenvalue weighted by molar-refractivity contribution is -0.485. The molecule has 0 saturated carbocycles. The highest BCUT2D eigenvalue weighted by atomic mass is 35.5. The number of anilines is 1. The minimum absolute atomic E-state index is 0.0321. The first-order valence-electron chi connectivity index (χ1n) is 6.00. The number of nitrogens with zero attached hydrogens (tertiary/aromatic N) is 5. The van der Waals surface area contributed by atoms with Crippen LogP contribution in [0.25, 0.3) is 11.2 Å². The Morgan fingerprint density at radius 2 is 2.30 bits per heavy atom. The Morgan fingerprint density at radius 1 is 1.50 bits per heavy atom. The summed E-state index contributed by atoms with van der Waals surface area (Å²) in [5.41, 5.74) is 6.61. The minimum atomic E-state index is -0.305. The molecule has 0 spiro atoms. The number of fused-ring (bicyclic) bond motifs is 1. The lowest BCUT2D eigenvalue weighted by atomic mass is 10.1. The Morgan fingerprint density at radius 3 is 3.05 bits per heavy atom. The number of allylic oxidation sites excluding steroid dienone is 1. The molecule has 2 atom stereocenters. The molecule has 1 aliphatic rings. The molecule has 20 heavy (non-hydrogen) atoms. The average Bonchev–Trinajstić information content (AvgIpc) is 2.94. The van der Waals surface area contributed by atoms with E-state index >= 15 is 0 Å². The number of nitrogen functional groups attached to an aromatic ring is 1. The van der Waals surface area contributed by atoms with E-state index in [0.717, 1.165) is 0 Å². The summed E-state index contributed by atoms with van der Waals surface area (Å²) in [5.74, 6) is -0.00447. The largest absolute Gasteiger partial charge is 0.368 e. The van der Waals surface area contributed by atoms with Crippen molar-refractivity contribution in [2.45, 2.75) is 12.5 Å². The molecule has 0 unspecified atom stereocenters. The number of hydrogen-bond acceptors (Lipinski definition) is 6. The fraction of sp³-hybridized carbons (Fsp3) is 0.364. The summed E-state index contributed by atoms with van der Waals surface area (Å²) < 4.78 is 1.82. The summed E-state index contributed by atoms with van der Waals surface area (Å²) in [6.45, 7) is -0.0719. The molecule has 104 valence electrons. The van der Waals surface area contributed by atoms with Crippen LogP contribution < -0.4 is 5.73 Å². The lowest BCUT2D eigenvalue weighted by Gasteiger charge is -2.12. The maximum atomic E-state index is 10.5. The summed E-state index contributed by atoms with van der Waals surface area (Å²) >= 11 is 5.97. The number of rotatable bonds is 3. The van der Waals surface area contributed by atoms with Gasteiger partial charge >= 0.3 is 0 Å². The maximum absolute atomic E-state index is 10.5. The zero-order chi connectivity index (χ0) is 14.3. The maximum Gasteiger partial charge on any atom is 0.223 e. The van der Waals surface area contributed by atoms with E-state index in [1.54, 1.807) is 6.33 Å². The van der Waals surface area contributed by atoms with Crippen molar-refractivity contribution in [3.8, 4) is 0 Å². The minimum Gasteiger partial charge on any atom is -0.368 e. The molecule has 0 saturated heterocycles. The van der Waals surface area contributed by atoms with Crippen LogP contribution in [0.2, 0.25) is 5.15 Å². The molecule has 3 rings (SSSR count). The first-order valence-corrected chi connectivity index (χ1v) is 6.38. The molecule has 0 aromatic carbocycles. The third-order valence-electron chi connectivity index (χ3n) is 3.29. The van der Waals surface area contributed by atoms with Crippen molar-refractivity contribution in [1.82, 2.24) is 19.5 Å². The van der Waals surface area contributed by atoms with Crippen LogP contribution in [0.1, 0.15) is 12.5 Å². The van der Waals surface area contributed by atoms with Crippen LogP contribution in [0.15, 0.2) is 18.5 Å². The van der Waals surface area contributed by atoms with Crippen LogP contribution in [-0.4, -0.2) is 31.0 Å². The molecule has 2 aromatic rings. The third kappa shape index (κ3) is 2.18. The van der Waals surface area contributed by atoms with Gasteiger partial charge in [0, 0.05) is 10.8 Å². The van der Waals surface area contributed by atoms with Gasteiger partial charge in [0.15, 0.2) is 10.8 Å². The van der Waals surface area contributed by atoms with Crippen LogP contribution in [0, 0.1) is 16.0 Å². The van der Waals surface area contributed by atoms with E-state index in [0.29, 0.717) is 17.6 Å². The van der Waals surface area contributed by atoms with E-state index in [1.807, 2.05) is 16.7 Å². The lowest BCUT2D eigenvalue weighted by Crippen LogP contribution is -2.13. The molecule has 2 aromatic heterocycles. The van der Waals surface area contributed by atoms with Crippen molar-refractivity contribution in [3.05, 3.63) is 33.7 Å². The van der Waals surface area contributed by atoms with Gasteiger partial charge in [-0.2, -0.15) is 9.97 Å². The summed E-state index contributed by atoms with van der Waals surface area (Å²) in [4.78, 5) is 22.4. The topological polar surface area (TPSA) is 113 Å². The quantitative estimate of drug-likeness (QED) is 0.397. The van der Waals surface area contributed by atoms with Crippen LogP contribution in [0.4, 0.5) is 5.95 Å². The summed E-state index contributed by atoms with van der Waals surface area (Å²) in [5, 5.41) is 10.8. The first-order chi connectivity index (χ1) is 9.54. The number of hydrogen-bond donors (Lipinski definition) is 1. The molecule has 0 radical (unpaired) electrons. The second kappa shape index (κ2) is 4.71. The number of nitrogens with two attached hydrogens (primary N) is 1. The van der Waals surface area contributed by atoms with Crippen LogP contribution >= 0.6 is 11.6 Å². The predicted molar refractivity (Wildman–Crippen MR) is 72.9 cm³/mol. The van der Waals surface area contributed by atoms with Crippen LogP contribution in [-0.2, 0) is 0 Å². The summed E-state index contributed by atoms with van der Waals surface area (Å²) in [6, 6.07) is -0.0321. The van der Waals surface area contributed by atoms with Gasteiger partial charge in [0.05, 0.1) is 12.4 Å². The number of imidazole rings is 1. The first kappa shape index (κ1) is 12.8. The summed E-state index contributed by atoms with van der Waals surface area (Å²) in [7, 11) is 0. The summed E-state index contributed by atoms with van der Waals surface area (Å²) in [6.07, 6.45) is 6.01. The highest BCUT2D eigenvalue weighted by Gasteiger charge is 2.25. The van der Waals surface area contributed by atoms with Gasteiger partial charge in [-0.1, -0.05) is 23.8 Å². The van der Waals surface area contributed by atoms with Crippen molar-refractivity contribution >= 4 is 28.7 Å². The highest BCUT2D eigenvalue weighted by molar-refractivity contribution is 6.33. The Labute approximate surface area is 118 Å². The van der Waals surface area contributed by atoms with Gasteiger partial charge in [-0.05, 0) is 6.42 Å². The molecule has 1 aliphatic carbocycles. The van der Waals surface area contributed by atoms with Crippen molar-refractivity contribution < 1.29 is 4.92 Å². The monoisotopic (exact) mass is 294 g/mol. The number of aromatic nitrogens is 4. The molecule has 0 bridgehead atoms. The van der Waals surface area contributed by atoms with E-state index in [-0.39, 0.29) is 34.5 Å². The van der Waals surface area contributed by atoms with Crippen molar-refractivity contribution in [3.63, 3.8) is 0 Å². The van der Waals surface area contributed by atoms with Gasteiger partial charge in [-0.3, -0.25) is 10.1 Å². The average molecular weight is 295 g/mol. The Hall–Kier alpha value is -2.22. The molecule has 9 heteroatoms. The second-order valence-electron chi connectivity index (χ2n) is 4.66. The van der Waals surface area contributed by atoms with Gasteiger partial charge < -0.3 is 10.3 Å². The van der Waals surface area contributed by atoms with E-state index in [9.17, 15) is 10.1 Å². The standard InChI is InChI=1S/C11H11ClN6O2/c12-9-8-10(16-11(13)15-9)17(5-14-8)7-2-1-6(3-7)4-18(19)20/h1-2,5-7H,3-4H2,(H2,13,15,16)/t6-,7+/m1/s1. The molecule has 0 fully saturated rings. The van der Waals surface area contributed by atoms with Gasteiger partial charge in [-0.15, -0.1) is 0 Å². The zero-order valence-electron chi connectivity index (χ0n) is 10.3. The normalized spacial score (nSPS) is 21.6. The van der Waals surface area contributed by atoms with Crippen molar-refractivity contribution in [2.24, 2.45) is 5.92 Å². The Bertz CT molecular complexity index is 712. The molecule has 8 nitrogen and oxygen atoms in total. The van der Waals surface area contributed by atoms with E-state index in [2.05, 4.69) is 15.0 Å². The SMILES string of the molecule is Nc1nc(Cl)c2ncn([C@H]3C=C[C@@H](C[N+](=O)[O-])C3)c2n1. The third-order valence-corrected chi connectivity index (χ3v) is 3.55. The molecular formula is C11H11ClN6O2. The molecule has 2 heterocycles. The smallest absolute Gasteiger partial charge is 0.223 e. The van der Waals surface area contributed by atoms with Crippen molar-refractivity contribution in [2.75, 3.05) is 12.3 Å².